The summed E-state index contributed by atoms with van der Waals surface area (Å²) >= 11 is 0. The first-order valence-electron chi connectivity index (χ1n) is 4.97. The Morgan fingerprint density at radius 3 is 2.25 bits per heavy atom. The number of fused-ring (bicyclic) bond motifs is 1. The van der Waals surface area contributed by atoms with Crippen LogP contribution in [0.2, 0.25) is 0 Å². The number of nitrogens with zero attached hydrogens (tertiary/aromatic N) is 1. The van der Waals surface area contributed by atoms with Crippen molar-refractivity contribution in [2.24, 2.45) is 5.84 Å². The van der Waals surface area contributed by atoms with Crippen LogP contribution >= 0.6 is 12.4 Å². The molecule has 2 rings (SSSR count). The van der Waals surface area contributed by atoms with E-state index in [1.54, 1.807) is 0 Å². The molecule has 2 aromatic rings. The van der Waals surface area contributed by atoms with Gasteiger partial charge >= 0.3 is 0 Å². The largest absolute Gasteiger partial charge is 0.308 e. The smallest absolute Gasteiger partial charge is 0.140 e. The number of hydrogen-bond donors (Lipinski definition) is 2. The predicted octanol–water partition coefficient (Wildman–Crippen LogP) is 2.87. The van der Waals surface area contributed by atoms with E-state index in [1.165, 1.54) is 22.1 Å². The fraction of sp³-hybridized carbons (Fsp3) is 0.250. The minimum Gasteiger partial charge on any atom is -0.308 e. The number of nitrogen functional groups attached to an aromatic ring is 1. The van der Waals surface area contributed by atoms with Crippen molar-refractivity contribution in [2.75, 3.05) is 5.43 Å². The van der Waals surface area contributed by atoms with Gasteiger partial charge in [-0.1, -0.05) is 0 Å². The first kappa shape index (κ1) is 12.7. The molecule has 0 aliphatic carbocycles. The second kappa shape index (κ2) is 4.68. The summed E-state index contributed by atoms with van der Waals surface area (Å²) in [6, 6.07) is 6.23. The average Bonchev–Trinajstić information content (AvgIpc) is 2.21. The molecule has 0 bridgehead atoms. The number of aromatic nitrogens is 1. The average molecular weight is 238 g/mol. The van der Waals surface area contributed by atoms with Crippen LogP contribution in [0.4, 0.5) is 5.82 Å². The summed E-state index contributed by atoms with van der Waals surface area (Å²) in [6.45, 7) is 6.28. The summed E-state index contributed by atoms with van der Waals surface area (Å²) in [6.07, 6.45) is 0. The highest BCUT2D eigenvalue weighted by molar-refractivity contribution is 5.85. The quantitative estimate of drug-likeness (QED) is 0.592. The molecule has 0 atom stereocenters. The van der Waals surface area contributed by atoms with Crippen LogP contribution in [0.15, 0.2) is 18.2 Å². The lowest BCUT2D eigenvalue weighted by Gasteiger charge is -2.08. The third-order valence-electron chi connectivity index (χ3n) is 2.78. The SMILES string of the molecule is Cc1cc2nc(NN)cc(C)c2cc1C.Cl. The molecular weight excluding hydrogens is 222 g/mol. The minimum absolute atomic E-state index is 0. The Morgan fingerprint density at radius 1 is 1.00 bits per heavy atom. The number of anilines is 1. The van der Waals surface area contributed by atoms with Gasteiger partial charge in [-0.25, -0.2) is 10.8 Å². The van der Waals surface area contributed by atoms with Crippen molar-refractivity contribution in [1.29, 1.82) is 0 Å². The Bertz CT molecular complexity index is 523. The number of rotatable bonds is 1. The van der Waals surface area contributed by atoms with Gasteiger partial charge in [0.15, 0.2) is 0 Å². The van der Waals surface area contributed by atoms with E-state index in [0.717, 1.165) is 5.52 Å². The van der Waals surface area contributed by atoms with E-state index in [1.807, 2.05) is 6.07 Å². The first-order valence-corrected chi connectivity index (χ1v) is 4.97. The van der Waals surface area contributed by atoms with Gasteiger partial charge in [-0.2, -0.15) is 0 Å². The Balaban J connectivity index is 0.00000128. The summed E-state index contributed by atoms with van der Waals surface area (Å²) in [5, 5.41) is 1.19. The second-order valence-electron chi connectivity index (χ2n) is 3.92. The van der Waals surface area contributed by atoms with Crippen LogP contribution in [-0.4, -0.2) is 4.98 Å². The number of hydrogen-bond acceptors (Lipinski definition) is 3. The Kier molecular flexibility index (Phi) is 3.73. The van der Waals surface area contributed by atoms with Gasteiger partial charge in [0, 0.05) is 5.39 Å². The van der Waals surface area contributed by atoms with Crippen LogP contribution in [0.1, 0.15) is 16.7 Å². The first-order chi connectivity index (χ1) is 7.11. The van der Waals surface area contributed by atoms with Gasteiger partial charge in [0.25, 0.3) is 0 Å². The van der Waals surface area contributed by atoms with E-state index < -0.39 is 0 Å². The summed E-state index contributed by atoms with van der Waals surface area (Å²) < 4.78 is 0. The lowest BCUT2D eigenvalue weighted by molar-refractivity contribution is 1.24. The fourth-order valence-electron chi connectivity index (χ4n) is 1.73. The molecule has 3 N–H and O–H groups in total. The van der Waals surface area contributed by atoms with E-state index in [4.69, 9.17) is 5.84 Å². The van der Waals surface area contributed by atoms with E-state index in [0.29, 0.717) is 5.82 Å². The number of nitrogens with two attached hydrogens (primary N) is 1. The van der Waals surface area contributed by atoms with Gasteiger partial charge in [-0.05, 0) is 55.7 Å². The van der Waals surface area contributed by atoms with Gasteiger partial charge < -0.3 is 5.43 Å². The number of hydrazine groups is 1. The molecule has 0 radical (unpaired) electrons. The van der Waals surface area contributed by atoms with Gasteiger partial charge in [-0.3, -0.25) is 0 Å². The summed E-state index contributed by atoms with van der Waals surface area (Å²) in [7, 11) is 0. The van der Waals surface area contributed by atoms with Crippen molar-refractivity contribution in [3.8, 4) is 0 Å². The lowest BCUT2D eigenvalue weighted by Crippen LogP contribution is -2.08. The maximum atomic E-state index is 5.37. The number of pyridine rings is 1. The zero-order valence-electron chi connectivity index (χ0n) is 9.66. The molecule has 86 valence electrons. The van der Waals surface area contributed by atoms with Crippen LogP contribution < -0.4 is 11.3 Å². The van der Waals surface area contributed by atoms with E-state index in [-0.39, 0.29) is 12.4 Å². The fourth-order valence-corrected chi connectivity index (χ4v) is 1.73. The van der Waals surface area contributed by atoms with Crippen molar-refractivity contribution in [3.05, 3.63) is 34.9 Å². The topological polar surface area (TPSA) is 50.9 Å². The molecule has 16 heavy (non-hydrogen) atoms. The van der Waals surface area contributed by atoms with Crippen LogP contribution in [0.3, 0.4) is 0 Å². The zero-order valence-corrected chi connectivity index (χ0v) is 10.5. The molecule has 0 fully saturated rings. The zero-order chi connectivity index (χ0) is 11.0. The molecule has 0 saturated heterocycles. The maximum Gasteiger partial charge on any atom is 0.140 e. The molecule has 0 aliphatic rings. The normalized spacial score (nSPS) is 10.0. The van der Waals surface area contributed by atoms with Crippen LogP contribution in [0, 0.1) is 20.8 Å². The molecule has 0 spiro atoms. The molecule has 1 aromatic carbocycles. The molecule has 0 amide bonds. The Hall–Kier alpha value is -1.32. The molecule has 3 nitrogen and oxygen atoms in total. The lowest BCUT2D eigenvalue weighted by atomic mass is 10.0. The van der Waals surface area contributed by atoms with Crippen molar-refractivity contribution >= 4 is 29.1 Å². The van der Waals surface area contributed by atoms with E-state index >= 15 is 0 Å². The molecular formula is C12H16ClN3. The molecule has 4 heteroatoms. The van der Waals surface area contributed by atoms with Gasteiger partial charge in [0.05, 0.1) is 5.52 Å². The number of benzene rings is 1. The Labute approximate surface area is 101 Å². The van der Waals surface area contributed by atoms with Crippen molar-refractivity contribution in [1.82, 2.24) is 4.98 Å². The van der Waals surface area contributed by atoms with Crippen molar-refractivity contribution in [2.45, 2.75) is 20.8 Å². The van der Waals surface area contributed by atoms with Crippen molar-refractivity contribution < 1.29 is 0 Å². The standard InChI is InChI=1S/C12H15N3.ClH/c1-7-4-10-9(3)6-12(15-13)14-11(10)5-8(7)2;/h4-6H,13H2,1-3H3,(H,14,15);1H. The van der Waals surface area contributed by atoms with Gasteiger partial charge in [0.2, 0.25) is 0 Å². The Morgan fingerprint density at radius 2 is 1.62 bits per heavy atom. The number of halogens is 1. The highest BCUT2D eigenvalue weighted by Gasteiger charge is 2.03. The van der Waals surface area contributed by atoms with Gasteiger partial charge in [0.1, 0.15) is 5.82 Å². The van der Waals surface area contributed by atoms with Crippen molar-refractivity contribution in [3.63, 3.8) is 0 Å². The summed E-state index contributed by atoms with van der Waals surface area (Å²) in [5.74, 6) is 6.08. The minimum atomic E-state index is 0. The van der Waals surface area contributed by atoms with Gasteiger partial charge in [-0.15, -0.1) is 12.4 Å². The summed E-state index contributed by atoms with van der Waals surface area (Å²) in [4.78, 5) is 4.42. The van der Waals surface area contributed by atoms with Crippen LogP contribution in [0.25, 0.3) is 10.9 Å². The molecule has 0 aliphatic heterocycles. The van der Waals surface area contributed by atoms with E-state index in [2.05, 4.69) is 43.3 Å². The second-order valence-corrected chi connectivity index (χ2v) is 3.92. The van der Waals surface area contributed by atoms with E-state index in [9.17, 15) is 0 Å². The summed E-state index contributed by atoms with van der Waals surface area (Å²) in [5.41, 5.74) is 7.31. The third kappa shape index (κ3) is 2.10. The molecule has 1 heterocycles. The monoisotopic (exact) mass is 237 g/mol. The van der Waals surface area contributed by atoms with Crippen LogP contribution in [-0.2, 0) is 0 Å². The highest BCUT2D eigenvalue weighted by Crippen LogP contribution is 2.23. The van der Waals surface area contributed by atoms with Crippen LogP contribution in [0.5, 0.6) is 0 Å². The third-order valence-corrected chi connectivity index (χ3v) is 2.78. The maximum absolute atomic E-state index is 5.37. The number of aryl methyl sites for hydroxylation is 3. The number of nitrogens with one attached hydrogen (secondary N) is 1. The molecule has 0 saturated carbocycles. The molecule has 1 aromatic heterocycles. The molecule has 0 unspecified atom stereocenters. The highest BCUT2D eigenvalue weighted by atomic mass is 35.5. The predicted molar refractivity (Wildman–Crippen MR) is 71.0 cm³/mol.